The molecule has 1 aliphatic heterocycles. The Kier molecular flexibility index (Phi) is 5.89. The van der Waals surface area contributed by atoms with E-state index in [1.165, 1.54) is 0 Å². The van der Waals surface area contributed by atoms with Gasteiger partial charge in [0, 0.05) is 29.9 Å². The van der Waals surface area contributed by atoms with Gasteiger partial charge in [-0.05, 0) is 71.8 Å². The van der Waals surface area contributed by atoms with Gasteiger partial charge in [-0.25, -0.2) is 4.52 Å². The zero-order chi connectivity index (χ0) is 24.4. The highest BCUT2D eigenvalue weighted by Gasteiger charge is 2.23. The van der Waals surface area contributed by atoms with Gasteiger partial charge in [-0.15, -0.1) is 5.10 Å². The van der Waals surface area contributed by atoms with Crippen LogP contribution in [0.15, 0.2) is 103 Å². The van der Waals surface area contributed by atoms with E-state index in [0.717, 1.165) is 39.5 Å². The third-order valence-electron chi connectivity index (χ3n) is 6.05. The molecule has 7 heteroatoms. The number of rotatable bonds is 7. The van der Waals surface area contributed by atoms with Gasteiger partial charge in [-0.1, -0.05) is 31.4 Å². The van der Waals surface area contributed by atoms with Crippen LogP contribution in [0, 0.1) is 0 Å². The predicted octanol–water partition coefficient (Wildman–Crippen LogP) is 5.27. The van der Waals surface area contributed by atoms with Gasteiger partial charge >= 0.3 is 0 Å². The largest absolute Gasteiger partial charge is 0.497 e. The number of carbonyl (C=O) groups is 1. The molecular weight excluding hydrogens is 438 g/mol. The number of carbonyl (C=O) groups excluding carboxylic acids is 1. The fourth-order valence-electron chi connectivity index (χ4n) is 4.15. The van der Waals surface area contributed by atoms with Crippen molar-refractivity contribution in [2.24, 2.45) is 0 Å². The first-order valence-corrected chi connectivity index (χ1v) is 11.2. The van der Waals surface area contributed by atoms with Gasteiger partial charge in [-0.3, -0.25) is 4.79 Å². The molecule has 0 radical (unpaired) electrons. The molecular formula is C28H25N5O2. The first-order chi connectivity index (χ1) is 17.1. The molecule has 3 heterocycles. The van der Waals surface area contributed by atoms with Crippen LogP contribution in [0.5, 0.6) is 5.75 Å². The Hall–Kier alpha value is -4.65. The lowest BCUT2D eigenvalue weighted by Gasteiger charge is -2.16. The summed E-state index contributed by atoms with van der Waals surface area (Å²) in [5, 5.41) is 7.88. The van der Waals surface area contributed by atoms with Crippen LogP contribution in [0.4, 0.5) is 11.6 Å². The number of nitrogens with zero attached hydrogens (tertiary/aromatic N) is 4. The second-order valence-electron chi connectivity index (χ2n) is 8.17. The maximum absolute atomic E-state index is 12.9. The molecule has 2 aromatic heterocycles. The molecule has 1 aliphatic rings. The molecule has 0 saturated heterocycles. The number of hydrogen-bond acceptors (Lipinski definition) is 5. The Morgan fingerprint density at radius 3 is 2.29 bits per heavy atom. The van der Waals surface area contributed by atoms with Crippen molar-refractivity contribution >= 4 is 23.2 Å². The number of amides is 1. The number of anilines is 2. The highest BCUT2D eigenvalue weighted by molar-refractivity contribution is 5.95. The van der Waals surface area contributed by atoms with Gasteiger partial charge in [0.25, 0.3) is 5.91 Å². The number of aromatic nitrogens is 3. The monoisotopic (exact) mass is 463 g/mol. The molecule has 0 aliphatic carbocycles. The van der Waals surface area contributed by atoms with Crippen LogP contribution in [-0.2, 0) is 0 Å². The fraction of sp³-hybridized carbons (Fsp3) is 0.107. The van der Waals surface area contributed by atoms with Gasteiger partial charge < -0.3 is 15.0 Å². The smallest absolute Gasteiger partial charge is 0.254 e. The normalized spacial score (nSPS) is 13.2. The number of nitrogens with one attached hydrogen (secondary N) is 1. The van der Waals surface area contributed by atoms with Crippen LogP contribution in [0.2, 0.25) is 0 Å². The summed E-state index contributed by atoms with van der Waals surface area (Å²) >= 11 is 0. The average molecular weight is 464 g/mol. The lowest BCUT2D eigenvalue weighted by Crippen LogP contribution is -2.29. The number of ether oxygens (including phenoxy) is 1. The minimum absolute atomic E-state index is 0.0252. The summed E-state index contributed by atoms with van der Waals surface area (Å²) in [4.78, 5) is 19.3. The van der Waals surface area contributed by atoms with Gasteiger partial charge in [0.2, 0.25) is 5.95 Å². The Morgan fingerprint density at radius 1 is 0.971 bits per heavy atom. The van der Waals surface area contributed by atoms with E-state index >= 15 is 0 Å². The quantitative estimate of drug-likeness (QED) is 0.404. The summed E-state index contributed by atoms with van der Waals surface area (Å²) in [6.45, 7) is 8.76. The fourth-order valence-corrected chi connectivity index (χ4v) is 4.15. The molecule has 0 saturated carbocycles. The number of fused-ring (bicyclic) bond motifs is 1. The number of methoxy groups -OCH3 is 1. The first-order valence-electron chi connectivity index (χ1n) is 11.2. The molecule has 0 bridgehead atoms. The van der Waals surface area contributed by atoms with Gasteiger partial charge in [0.05, 0.1) is 12.8 Å². The van der Waals surface area contributed by atoms with Crippen LogP contribution in [0.1, 0.15) is 10.4 Å². The molecule has 7 nitrogen and oxygen atoms in total. The molecule has 0 unspecified atom stereocenters. The standard InChI is InChI=1S/C28H25N5O2/c1-4-19-17-32(18-20(19)5-2)27(34)22-9-13-23(14-10-22)29-28-30-26-8-6-7-25(33(26)31-28)21-11-15-24(35-3)16-12-21/h4-16H,1-2,17-18H2,3H3,(H,29,31). The van der Waals surface area contributed by atoms with Crippen molar-refractivity contribution in [1.29, 1.82) is 0 Å². The van der Waals surface area contributed by atoms with E-state index in [1.807, 2.05) is 66.7 Å². The van der Waals surface area contributed by atoms with E-state index in [1.54, 1.807) is 28.7 Å². The van der Waals surface area contributed by atoms with E-state index in [0.29, 0.717) is 24.6 Å². The third kappa shape index (κ3) is 4.31. The second kappa shape index (κ2) is 9.30. The van der Waals surface area contributed by atoms with Crippen molar-refractivity contribution in [3.05, 3.63) is 109 Å². The SMILES string of the molecule is C=CC1=C(C=C)CN(C(=O)c2ccc(Nc3nc4cccc(-c5ccc(OC)cc5)n4n3)cc2)C1. The number of pyridine rings is 1. The van der Waals surface area contributed by atoms with E-state index < -0.39 is 0 Å². The molecule has 0 spiro atoms. The summed E-state index contributed by atoms with van der Waals surface area (Å²) in [5.41, 5.74) is 6.15. The second-order valence-corrected chi connectivity index (χ2v) is 8.17. The molecule has 4 aromatic rings. The molecule has 35 heavy (non-hydrogen) atoms. The molecule has 1 amide bonds. The van der Waals surface area contributed by atoms with E-state index in [4.69, 9.17) is 4.74 Å². The van der Waals surface area contributed by atoms with E-state index in [-0.39, 0.29) is 5.91 Å². The zero-order valence-electron chi connectivity index (χ0n) is 19.4. The van der Waals surface area contributed by atoms with Gasteiger partial charge in [0.1, 0.15) is 5.75 Å². The first kappa shape index (κ1) is 22.2. The summed E-state index contributed by atoms with van der Waals surface area (Å²) in [5.74, 6) is 1.25. The number of hydrogen-bond donors (Lipinski definition) is 1. The predicted molar refractivity (Wildman–Crippen MR) is 138 cm³/mol. The van der Waals surface area contributed by atoms with Crippen molar-refractivity contribution in [2.45, 2.75) is 0 Å². The Labute approximate surface area is 203 Å². The van der Waals surface area contributed by atoms with Gasteiger partial charge in [-0.2, -0.15) is 4.98 Å². The molecule has 0 atom stereocenters. The lowest BCUT2D eigenvalue weighted by molar-refractivity contribution is 0.0797. The van der Waals surface area contributed by atoms with Crippen molar-refractivity contribution in [3.63, 3.8) is 0 Å². The maximum atomic E-state index is 12.9. The van der Waals surface area contributed by atoms with Crippen LogP contribution < -0.4 is 10.1 Å². The molecule has 174 valence electrons. The molecule has 2 aromatic carbocycles. The third-order valence-corrected chi connectivity index (χ3v) is 6.05. The van der Waals surface area contributed by atoms with E-state index in [9.17, 15) is 4.79 Å². The van der Waals surface area contributed by atoms with Crippen molar-refractivity contribution < 1.29 is 9.53 Å². The Morgan fingerprint density at radius 2 is 1.66 bits per heavy atom. The summed E-state index contributed by atoms with van der Waals surface area (Å²) in [6, 6.07) is 21.0. The minimum atomic E-state index is -0.0252. The minimum Gasteiger partial charge on any atom is -0.497 e. The van der Waals surface area contributed by atoms with Crippen molar-refractivity contribution in [3.8, 4) is 17.0 Å². The summed E-state index contributed by atoms with van der Waals surface area (Å²) < 4.78 is 7.06. The van der Waals surface area contributed by atoms with Crippen molar-refractivity contribution in [2.75, 3.05) is 25.5 Å². The molecule has 5 rings (SSSR count). The summed E-state index contributed by atoms with van der Waals surface area (Å²) in [7, 11) is 1.65. The maximum Gasteiger partial charge on any atom is 0.254 e. The Balaban J connectivity index is 1.33. The lowest BCUT2D eigenvalue weighted by atomic mass is 10.1. The zero-order valence-corrected chi connectivity index (χ0v) is 19.4. The highest BCUT2D eigenvalue weighted by Crippen LogP contribution is 2.25. The average Bonchev–Trinajstić information content (AvgIpc) is 3.52. The van der Waals surface area contributed by atoms with E-state index in [2.05, 4.69) is 28.6 Å². The van der Waals surface area contributed by atoms with Crippen LogP contribution in [0.25, 0.3) is 16.9 Å². The molecule has 0 fully saturated rings. The molecule has 1 N–H and O–H groups in total. The Bertz CT molecular complexity index is 1430. The summed E-state index contributed by atoms with van der Waals surface area (Å²) in [6.07, 6.45) is 3.58. The van der Waals surface area contributed by atoms with Gasteiger partial charge in [0.15, 0.2) is 5.65 Å². The highest BCUT2D eigenvalue weighted by atomic mass is 16.5. The number of benzene rings is 2. The van der Waals surface area contributed by atoms with Crippen molar-refractivity contribution in [1.82, 2.24) is 19.5 Å². The topological polar surface area (TPSA) is 71.8 Å². The van der Waals surface area contributed by atoms with Crippen LogP contribution >= 0.6 is 0 Å². The van der Waals surface area contributed by atoms with Crippen LogP contribution in [0.3, 0.4) is 0 Å². The van der Waals surface area contributed by atoms with Crippen LogP contribution in [-0.4, -0.2) is 45.6 Å².